The highest BCUT2D eigenvalue weighted by atomic mass is 19.1. The molecule has 2 heterocycles. The smallest absolute Gasteiger partial charge is 0.224 e. The number of amides is 1. The number of nitrogens with one attached hydrogen (secondary N) is 1. The van der Waals surface area contributed by atoms with Crippen molar-refractivity contribution in [3.63, 3.8) is 0 Å². The molecule has 1 aliphatic rings. The lowest BCUT2D eigenvalue weighted by atomic mass is 9.97. The third-order valence-corrected chi connectivity index (χ3v) is 5.35. The maximum atomic E-state index is 13.2. The first-order chi connectivity index (χ1) is 13.7. The predicted octanol–water partition coefficient (Wildman–Crippen LogP) is 4.00. The number of nitrogens with zero attached hydrogens (tertiary/aromatic N) is 2. The number of carbonyl (C=O) groups is 1. The van der Waals surface area contributed by atoms with Crippen LogP contribution in [0.15, 0.2) is 60.8 Å². The van der Waals surface area contributed by atoms with Crippen molar-refractivity contribution >= 4 is 5.91 Å². The number of halogens is 1. The van der Waals surface area contributed by atoms with Gasteiger partial charge in [0.15, 0.2) is 0 Å². The molecule has 28 heavy (non-hydrogen) atoms. The zero-order chi connectivity index (χ0) is 19.3. The van der Waals surface area contributed by atoms with Gasteiger partial charge in [0.25, 0.3) is 0 Å². The highest BCUT2D eigenvalue weighted by molar-refractivity contribution is 5.78. The average molecular weight is 377 g/mol. The highest BCUT2D eigenvalue weighted by Crippen LogP contribution is 2.27. The van der Waals surface area contributed by atoms with E-state index in [1.54, 1.807) is 12.1 Å². The van der Waals surface area contributed by atoms with Gasteiger partial charge in [-0.15, -0.1) is 0 Å². The summed E-state index contributed by atoms with van der Waals surface area (Å²) in [5.74, 6) is 0.789. The molecule has 5 heteroatoms. The van der Waals surface area contributed by atoms with Crippen LogP contribution in [0.2, 0.25) is 0 Å². The van der Waals surface area contributed by atoms with Gasteiger partial charge in [0.1, 0.15) is 11.6 Å². The maximum absolute atomic E-state index is 13.2. The molecule has 1 unspecified atom stereocenters. The molecule has 4 nitrogen and oxygen atoms in total. The molecule has 0 fully saturated rings. The Balaban J connectivity index is 1.35. The molecule has 0 spiro atoms. The van der Waals surface area contributed by atoms with E-state index in [1.165, 1.54) is 17.7 Å². The molecule has 1 aromatic heterocycles. The summed E-state index contributed by atoms with van der Waals surface area (Å²) >= 11 is 0. The van der Waals surface area contributed by atoms with E-state index < -0.39 is 0 Å². The summed E-state index contributed by atoms with van der Waals surface area (Å²) < 4.78 is 15.3. The van der Waals surface area contributed by atoms with Crippen LogP contribution in [0, 0.1) is 11.7 Å². The predicted molar refractivity (Wildman–Crippen MR) is 107 cm³/mol. The quantitative estimate of drug-likeness (QED) is 0.660. The van der Waals surface area contributed by atoms with Gasteiger partial charge in [-0.25, -0.2) is 9.37 Å². The van der Waals surface area contributed by atoms with E-state index in [0.29, 0.717) is 13.1 Å². The lowest BCUT2D eigenvalue weighted by Crippen LogP contribution is -2.36. The Morgan fingerprint density at radius 1 is 1.14 bits per heavy atom. The number of hydrogen-bond acceptors (Lipinski definition) is 2. The van der Waals surface area contributed by atoms with Crippen molar-refractivity contribution in [1.82, 2.24) is 14.9 Å². The molecular weight excluding hydrogens is 353 g/mol. The van der Waals surface area contributed by atoms with Crippen molar-refractivity contribution in [3.8, 4) is 11.3 Å². The van der Waals surface area contributed by atoms with Crippen molar-refractivity contribution < 1.29 is 9.18 Å². The Morgan fingerprint density at radius 2 is 1.93 bits per heavy atom. The molecule has 1 aliphatic heterocycles. The summed E-state index contributed by atoms with van der Waals surface area (Å²) in [7, 11) is 0. The van der Waals surface area contributed by atoms with E-state index in [1.807, 2.05) is 24.4 Å². The molecule has 1 amide bonds. The van der Waals surface area contributed by atoms with Gasteiger partial charge in [0.05, 0.1) is 17.8 Å². The fourth-order valence-corrected chi connectivity index (χ4v) is 3.79. The van der Waals surface area contributed by atoms with Gasteiger partial charge in [-0.2, -0.15) is 0 Å². The van der Waals surface area contributed by atoms with Gasteiger partial charge in [-0.1, -0.05) is 30.3 Å². The number of aryl methyl sites for hydroxylation is 2. The second-order valence-electron chi connectivity index (χ2n) is 7.29. The molecule has 0 saturated heterocycles. The zero-order valence-corrected chi connectivity index (χ0v) is 15.8. The second-order valence-corrected chi connectivity index (χ2v) is 7.29. The van der Waals surface area contributed by atoms with E-state index in [4.69, 9.17) is 0 Å². The van der Waals surface area contributed by atoms with Crippen LogP contribution in [0.1, 0.15) is 24.2 Å². The largest absolute Gasteiger partial charge is 0.356 e. The fraction of sp³-hybridized carbons (Fsp3) is 0.304. The minimum Gasteiger partial charge on any atom is -0.356 e. The lowest BCUT2D eigenvalue weighted by molar-refractivity contribution is -0.125. The van der Waals surface area contributed by atoms with E-state index in [9.17, 15) is 9.18 Å². The number of fused-ring (bicyclic) bond motifs is 1. The van der Waals surface area contributed by atoms with E-state index >= 15 is 0 Å². The van der Waals surface area contributed by atoms with Crippen molar-refractivity contribution in [2.45, 2.75) is 32.2 Å². The van der Waals surface area contributed by atoms with Crippen LogP contribution in [-0.4, -0.2) is 22.0 Å². The molecule has 1 atom stereocenters. The number of benzene rings is 2. The molecule has 0 radical (unpaired) electrons. The summed E-state index contributed by atoms with van der Waals surface area (Å²) in [5, 5.41) is 3.09. The maximum Gasteiger partial charge on any atom is 0.224 e. The second kappa shape index (κ2) is 8.38. The van der Waals surface area contributed by atoms with Crippen LogP contribution in [0.5, 0.6) is 0 Å². The van der Waals surface area contributed by atoms with E-state index in [2.05, 4.69) is 27.0 Å². The van der Waals surface area contributed by atoms with Gasteiger partial charge in [-0.05, 0) is 54.7 Å². The summed E-state index contributed by atoms with van der Waals surface area (Å²) in [4.78, 5) is 17.1. The zero-order valence-electron chi connectivity index (χ0n) is 15.8. The Hall–Kier alpha value is -2.95. The summed E-state index contributed by atoms with van der Waals surface area (Å²) in [6, 6.07) is 16.7. The minimum absolute atomic E-state index is 0.0578. The molecule has 0 bridgehead atoms. The van der Waals surface area contributed by atoms with Gasteiger partial charge in [-0.3, -0.25) is 4.79 Å². The van der Waals surface area contributed by atoms with Gasteiger partial charge in [0.2, 0.25) is 5.91 Å². The Morgan fingerprint density at radius 3 is 2.71 bits per heavy atom. The first-order valence-electron chi connectivity index (χ1n) is 9.82. The molecule has 4 rings (SSSR count). The number of aromatic nitrogens is 2. The van der Waals surface area contributed by atoms with E-state index in [-0.39, 0.29) is 17.6 Å². The molecule has 0 aliphatic carbocycles. The van der Waals surface area contributed by atoms with Crippen LogP contribution in [0.4, 0.5) is 4.39 Å². The van der Waals surface area contributed by atoms with Gasteiger partial charge < -0.3 is 9.88 Å². The number of hydrogen-bond donors (Lipinski definition) is 1. The molecule has 0 saturated carbocycles. The van der Waals surface area contributed by atoms with Gasteiger partial charge in [0, 0.05) is 19.5 Å². The van der Waals surface area contributed by atoms with Crippen LogP contribution in [0.3, 0.4) is 0 Å². The van der Waals surface area contributed by atoms with Crippen molar-refractivity contribution in [2.75, 3.05) is 6.54 Å². The topological polar surface area (TPSA) is 46.9 Å². The van der Waals surface area contributed by atoms with E-state index in [0.717, 1.165) is 42.8 Å². The van der Waals surface area contributed by atoms with Crippen LogP contribution < -0.4 is 5.32 Å². The number of rotatable bonds is 6. The fourth-order valence-electron chi connectivity index (χ4n) is 3.79. The molecule has 3 aromatic rings. The third kappa shape index (κ3) is 4.14. The first kappa shape index (κ1) is 18.4. The van der Waals surface area contributed by atoms with Crippen molar-refractivity contribution in [2.24, 2.45) is 5.92 Å². The van der Waals surface area contributed by atoms with Crippen molar-refractivity contribution in [1.29, 1.82) is 0 Å². The van der Waals surface area contributed by atoms with Crippen molar-refractivity contribution in [3.05, 3.63) is 78.0 Å². The highest BCUT2D eigenvalue weighted by Gasteiger charge is 2.27. The number of imidazole rings is 1. The summed E-state index contributed by atoms with van der Waals surface area (Å²) in [6.45, 7) is 1.30. The number of carbonyl (C=O) groups excluding carboxylic acids is 1. The lowest BCUT2D eigenvalue weighted by Gasteiger charge is -2.24. The molecular formula is C23H24FN3O. The first-order valence-corrected chi connectivity index (χ1v) is 9.82. The Labute approximate surface area is 164 Å². The molecule has 144 valence electrons. The normalized spacial score (nSPS) is 15.8. The summed E-state index contributed by atoms with van der Waals surface area (Å²) in [5.41, 5.74) is 3.15. The van der Waals surface area contributed by atoms with Gasteiger partial charge >= 0.3 is 0 Å². The monoisotopic (exact) mass is 377 g/mol. The molecule has 1 N–H and O–H groups in total. The average Bonchev–Trinajstić information content (AvgIpc) is 3.15. The molecule has 2 aromatic carbocycles. The standard InChI is InChI=1S/C23H24FN3O/c24-20-11-8-18(9-12-20)21-15-26-22-13-10-19(16-27(21)22)23(28)25-14-4-7-17-5-2-1-3-6-17/h1-3,5-6,8-9,11-12,15,19H,4,7,10,13-14,16H2,(H,25,28). The van der Waals surface area contributed by atoms with Crippen LogP contribution in [-0.2, 0) is 24.2 Å². The SMILES string of the molecule is O=C(NCCCc1ccccc1)C1CCc2ncc(-c3ccc(F)cc3)n2C1. The Kier molecular flexibility index (Phi) is 5.51. The third-order valence-electron chi connectivity index (χ3n) is 5.35. The van der Waals surface area contributed by atoms with Crippen LogP contribution in [0.25, 0.3) is 11.3 Å². The Bertz CT molecular complexity index is 934. The summed E-state index contributed by atoms with van der Waals surface area (Å²) in [6.07, 6.45) is 5.31. The minimum atomic E-state index is -0.255. The van der Waals surface area contributed by atoms with Crippen LogP contribution >= 0.6 is 0 Å².